The fourth-order valence-electron chi connectivity index (χ4n) is 2.49. The van der Waals surface area contributed by atoms with E-state index in [9.17, 15) is 9.18 Å². The van der Waals surface area contributed by atoms with Gasteiger partial charge in [-0.2, -0.15) is 0 Å². The molecular weight excluding hydrogens is 269 g/mol. The van der Waals surface area contributed by atoms with E-state index in [0.717, 1.165) is 51.4 Å². The summed E-state index contributed by atoms with van der Waals surface area (Å²) in [7, 11) is 0. The number of benzene rings is 1. The van der Waals surface area contributed by atoms with Crippen LogP contribution in [0.5, 0.6) is 0 Å². The normalized spacial score (nSPS) is 16.0. The molecule has 1 fully saturated rings. The molecule has 0 aliphatic carbocycles. The third kappa shape index (κ3) is 5.01. The average molecular weight is 293 g/mol. The van der Waals surface area contributed by atoms with Crippen molar-refractivity contribution in [2.24, 2.45) is 0 Å². The zero-order chi connectivity index (χ0) is 15.1. The van der Waals surface area contributed by atoms with Gasteiger partial charge in [0.25, 0.3) is 0 Å². The molecule has 1 aliphatic heterocycles. The van der Waals surface area contributed by atoms with Crippen molar-refractivity contribution < 1.29 is 9.18 Å². The number of nitrogens with one attached hydrogen (secondary N) is 1. The van der Waals surface area contributed by atoms with Gasteiger partial charge in [-0.1, -0.05) is 6.92 Å². The molecule has 1 saturated heterocycles. The van der Waals surface area contributed by atoms with Gasteiger partial charge in [-0.05, 0) is 30.7 Å². The van der Waals surface area contributed by atoms with Crippen molar-refractivity contribution in [2.45, 2.75) is 19.8 Å². The van der Waals surface area contributed by atoms with Gasteiger partial charge in [0.15, 0.2) is 0 Å². The number of anilines is 1. The second kappa shape index (κ2) is 7.98. The minimum Gasteiger partial charge on any atom is -0.369 e. The number of carbonyl (C=O) groups is 1. The number of rotatable bonds is 6. The Balaban J connectivity index is 1.71. The minimum atomic E-state index is -0.199. The van der Waals surface area contributed by atoms with E-state index in [4.69, 9.17) is 0 Å². The number of amides is 1. The molecule has 0 saturated carbocycles. The van der Waals surface area contributed by atoms with Crippen LogP contribution in [0.25, 0.3) is 0 Å². The Labute approximate surface area is 125 Å². The van der Waals surface area contributed by atoms with Crippen molar-refractivity contribution >= 4 is 11.6 Å². The van der Waals surface area contributed by atoms with Crippen molar-refractivity contribution in [3.8, 4) is 0 Å². The molecule has 1 amide bonds. The highest BCUT2D eigenvalue weighted by atomic mass is 19.1. The molecule has 1 aliphatic rings. The van der Waals surface area contributed by atoms with Crippen molar-refractivity contribution in [1.29, 1.82) is 0 Å². The van der Waals surface area contributed by atoms with Crippen LogP contribution in [0, 0.1) is 5.82 Å². The third-order valence-corrected chi connectivity index (χ3v) is 3.79. The van der Waals surface area contributed by atoms with E-state index < -0.39 is 0 Å². The zero-order valence-corrected chi connectivity index (χ0v) is 12.6. The first-order chi connectivity index (χ1) is 10.2. The van der Waals surface area contributed by atoms with Crippen LogP contribution in [0.4, 0.5) is 10.1 Å². The highest BCUT2D eigenvalue weighted by Crippen LogP contribution is 2.16. The van der Waals surface area contributed by atoms with Crippen LogP contribution in [0.2, 0.25) is 0 Å². The van der Waals surface area contributed by atoms with Crippen LogP contribution in [0.3, 0.4) is 0 Å². The van der Waals surface area contributed by atoms with Gasteiger partial charge in [-0.15, -0.1) is 0 Å². The van der Waals surface area contributed by atoms with Crippen molar-refractivity contribution in [1.82, 2.24) is 10.2 Å². The Morgan fingerprint density at radius 1 is 1.19 bits per heavy atom. The first-order valence-electron chi connectivity index (χ1n) is 7.68. The number of carbonyl (C=O) groups excluding carboxylic acids is 1. The predicted molar refractivity (Wildman–Crippen MR) is 83.0 cm³/mol. The molecule has 1 N–H and O–H groups in total. The molecule has 1 aromatic rings. The van der Waals surface area contributed by atoms with Crippen LogP contribution >= 0.6 is 0 Å². The highest BCUT2D eigenvalue weighted by molar-refractivity contribution is 5.76. The Bertz CT molecular complexity index is 441. The Morgan fingerprint density at radius 3 is 2.48 bits per heavy atom. The number of hydrogen-bond donors (Lipinski definition) is 1. The summed E-state index contributed by atoms with van der Waals surface area (Å²) in [5.41, 5.74) is 1.07. The average Bonchev–Trinajstić information content (AvgIpc) is 2.52. The Hall–Kier alpha value is -1.62. The molecule has 0 radical (unpaired) electrons. The second-order valence-electron chi connectivity index (χ2n) is 5.41. The van der Waals surface area contributed by atoms with Gasteiger partial charge in [0, 0.05) is 51.4 Å². The fraction of sp³-hybridized carbons (Fsp3) is 0.562. The first kappa shape index (κ1) is 15.8. The summed E-state index contributed by atoms with van der Waals surface area (Å²) in [5.74, 6) is -0.0618. The summed E-state index contributed by atoms with van der Waals surface area (Å²) in [6, 6.07) is 6.64. The fourth-order valence-corrected chi connectivity index (χ4v) is 2.49. The molecule has 1 aromatic carbocycles. The smallest absolute Gasteiger partial charge is 0.221 e. The van der Waals surface area contributed by atoms with E-state index in [2.05, 4.69) is 22.0 Å². The highest BCUT2D eigenvalue weighted by Gasteiger charge is 2.17. The first-order valence-corrected chi connectivity index (χ1v) is 7.68. The molecule has 0 aromatic heterocycles. The SMILES string of the molecule is CCCNC(=O)CCN1CCN(c2ccc(F)cc2)CC1. The van der Waals surface area contributed by atoms with E-state index in [-0.39, 0.29) is 11.7 Å². The van der Waals surface area contributed by atoms with Gasteiger partial charge in [0.05, 0.1) is 0 Å². The number of halogens is 1. The van der Waals surface area contributed by atoms with Crippen LogP contribution in [0.1, 0.15) is 19.8 Å². The lowest BCUT2D eigenvalue weighted by atomic mass is 10.2. The molecule has 0 unspecified atom stereocenters. The molecule has 4 nitrogen and oxygen atoms in total. The lowest BCUT2D eigenvalue weighted by molar-refractivity contribution is -0.121. The summed E-state index contributed by atoms with van der Waals surface area (Å²) >= 11 is 0. The monoisotopic (exact) mass is 293 g/mol. The van der Waals surface area contributed by atoms with Crippen LogP contribution in [-0.2, 0) is 4.79 Å². The summed E-state index contributed by atoms with van der Waals surface area (Å²) < 4.78 is 12.9. The third-order valence-electron chi connectivity index (χ3n) is 3.79. The molecule has 1 heterocycles. The summed E-state index contributed by atoms with van der Waals surface area (Å²) in [4.78, 5) is 16.1. The summed E-state index contributed by atoms with van der Waals surface area (Å²) in [6.45, 7) is 7.35. The number of hydrogen-bond acceptors (Lipinski definition) is 3. The predicted octanol–water partition coefficient (Wildman–Crippen LogP) is 1.86. The Morgan fingerprint density at radius 2 is 1.86 bits per heavy atom. The molecule has 116 valence electrons. The molecule has 21 heavy (non-hydrogen) atoms. The van der Waals surface area contributed by atoms with Crippen molar-refractivity contribution in [3.05, 3.63) is 30.1 Å². The van der Waals surface area contributed by atoms with E-state index in [1.54, 1.807) is 0 Å². The van der Waals surface area contributed by atoms with Crippen LogP contribution in [-0.4, -0.2) is 50.1 Å². The molecule has 5 heteroatoms. The van der Waals surface area contributed by atoms with Crippen molar-refractivity contribution in [2.75, 3.05) is 44.2 Å². The maximum Gasteiger partial charge on any atom is 0.221 e. The van der Waals surface area contributed by atoms with Crippen molar-refractivity contribution in [3.63, 3.8) is 0 Å². The largest absolute Gasteiger partial charge is 0.369 e. The van der Waals surface area contributed by atoms with Gasteiger partial charge in [-0.25, -0.2) is 4.39 Å². The van der Waals surface area contributed by atoms with Gasteiger partial charge < -0.3 is 10.2 Å². The topological polar surface area (TPSA) is 35.6 Å². The zero-order valence-electron chi connectivity index (χ0n) is 12.6. The number of nitrogens with zero attached hydrogens (tertiary/aromatic N) is 2. The molecule has 2 rings (SSSR count). The second-order valence-corrected chi connectivity index (χ2v) is 5.41. The van der Waals surface area contributed by atoms with E-state index in [1.165, 1.54) is 12.1 Å². The van der Waals surface area contributed by atoms with Crippen LogP contribution in [0.15, 0.2) is 24.3 Å². The van der Waals surface area contributed by atoms with E-state index in [0.29, 0.717) is 6.42 Å². The van der Waals surface area contributed by atoms with E-state index in [1.807, 2.05) is 12.1 Å². The summed E-state index contributed by atoms with van der Waals surface area (Å²) in [6.07, 6.45) is 1.54. The maximum atomic E-state index is 12.9. The maximum absolute atomic E-state index is 12.9. The van der Waals surface area contributed by atoms with Gasteiger partial charge >= 0.3 is 0 Å². The lowest BCUT2D eigenvalue weighted by Crippen LogP contribution is -2.47. The Kier molecular flexibility index (Phi) is 5.99. The molecular formula is C16H24FN3O. The molecule has 0 bridgehead atoms. The standard InChI is InChI=1S/C16H24FN3O/c1-2-8-18-16(21)7-9-19-10-12-20(13-11-19)15-5-3-14(17)4-6-15/h3-6H,2,7-13H2,1H3,(H,18,21). The van der Waals surface area contributed by atoms with Gasteiger partial charge in [0.2, 0.25) is 5.91 Å². The van der Waals surface area contributed by atoms with Gasteiger partial charge in [0.1, 0.15) is 5.82 Å². The number of piperazine rings is 1. The minimum absolute atomic E-state index is 0.137. The van der Waals surface area contributed by atoms with Gasteiger partial charge in [-0.3, -0.25) is 9.69 Å². The summed E-state index contributed by atoms with van der Waals surface area (Å²) in [5, 5.41) is 2.90. The quantitative estimate of drug-likeness (QED) is 0.869. The lowest BCUT2D eigenvalue weighted by Gasteiger charge is -2.36. The van der Waals surface area contributed by atoms with E-state index >= 15 is 0 Å². The molecule has 0 spiro atoms. The molecule has 0 atom stereocenters. The van der Waals surface area contributed by atoms with Crippen LogP contribution < -0.4 is 10.2 Å².